The Kier molecular flexibility index (Phi) is 3.51. The van der Waals surface area contributed by atoms with Crippen molar-refractivity contribution in [1.82, 2.24) is 0 Å². The number of rotatable bonds is 1. The molecule has 0 radical (unpaired) electrons. The van der Waals surface area contributed by atoms with E-state index in [1.165, 1.54) is 6.07 Å². The van der Waals surface area contributed by atoms with Crippen molar-refractivity contribution in [2.45, 2.75) is 32.8 Å². The van der Waals surface area contributed by atoms with Crippen LogP contribution in [0.5, 0.6) is 0 Å². The first-order valence-corrected chi connectivity index (χ1v) is 7.31. The molecule has 2 aliphatic rings. The molecule has 3 rings (SSSR count). The molecule has 1 aromatic rings. The van der Waals surface area contributed by atoms with E-state index in [1.54, 1.807) is 6.08 Å². The van der Waals surface area contributed by atoms with Gasteiger partial charge in [0.25, 0.3) is 0 Å². The highest BCUT2D eigenvalue weighted by molar-refractivity contribution is 5.67. The van der Waals surface area contributed by atoms with Gasteiger partial charge in [-0.05, 0) is 74.8 Å². The molecule has 1 nitrogen and oxygen atoms in total. The Labute approximate surface area is 129 Å². The second kappa shape index (κ2) is 5.24. The van der Waals surface area contributed by atoms with E-state index in [9.17, 15) is 8.78 Å². The fourth-order valence-corrected chi connectivity index (χ4v) is 3.02. The van der Waals surface area contributed by atoms with Crippen molar-refractivity contribution in [2.75, 3.05) is 0 Å². The van der Waals surface area contributed by atoms with Crippen molar-refractivity contribution in [1.29, 1.82) is 0 Å². The Bertz CT molecular complexity index is 749. The van der Waals surface area contributed by atoms with E-state index >= 15 is 0 Å². The van der Waals surface area contributed by atoms with Crippen LogP contribution < -0.4 is 0 Å². The lowest BCUT2D eigenvalue weighted by Gasteiger charge is -2.33. The minimum atomic E-state index is -0.443. The van der Waals surface area contributed by atoms with E-state index in [1.807, 2.05) is 32.9 Å². The molecule has 0 aromatic heterocycles. The first-order valence-electron chi connectivity index (χ1n) is 7.31. The summed E-state index contributed by atoms with van der Waals surface area (Å²) in [6.07, 6.45) is 8.37. The molecule has 0 bridgehead atoms. The summed E-state index contributed by atoms with van der Waals surface area (Å²) >= 11 is 0. The third kappa shape index (κ3) is 2.76. The van der Waals surface area contributed by atoms with E-state index in [4.69, 9.17) is 4.74 Å². The van der Waals surface area contributed by atoms with Crippen molar-refractivity contribution < 1.29 is 13.5 Å². The van der Waals surface area contributed by atoms with E-state index in [0.29, 0.717) is 6.42 Å². The van der Waals surface area contributed by atoms with Crippen LogP contribution in [0.2, 0.25) is 0 Å². The van der Waals surface area contributed by atoms with Crippen molar-refractivity contribution in [3.63, 3.8) is 0 Å². The van der Waals surface area contributed by atoms with Gasteiger partial charge in [0.05, 0.1) is 0 Å². The highest BCUT2D eigenvalue weighted by atomic mass is 19.1. The van der Waals surface area contributed by atoms with Gasteiger partial charge in [0.2, 0.25) is 0 Å². The average Bonchev–Trinajstić information content (AvgIpc) is 2.41. The van der Waals surface area contributed by atoms with Crippen LogP contribution in [-0.2, 0) is 4.74 Å². The van der Waals surface area contributed by atoms with Gasteiger partial charge in [-0.1, -0.05) is 6.08 Å². The summed E-state index contributed by atoms with van der Waals surface area (Å²) in [5.41, 5.74) is 2.91. The second-order valence-electron chi connectivity index (χ2n) is 6.21. The maximum Gasteiger partial charge on any atom is 0.130 e. The fourth-order valence-electron chi connectivity index (χ4n) is 3.02. The number of ether oxygens (including phenoxy) is 1. The van der Waals surface area contributed by atoms with Gasteiger partial charge in [0.1, 0.15) is 23.0 Å². The van der Waals surface area contributed by atoms with E-state index in [-0.39, 0.29) is 11.2 Å². The van der Waals surface area contributed by atoms with Gasteiger partial charge in [0, 0.05) is 11.1 Å². The summed E-state index contributed by atoms with van der Waals surface area (Å²) in [4.78, 5) is 0. The predicted molar refractivity (Wildman–Crippen MR) is 84.0 cm³/mol. The fraction of sp³-hybridized carbons (Fsp3) is 0.263. The molecule has 0 spiro atoms. The monoisotopic (exact) mass is 300 g/mol. The molecule has 0 fully saturated rings. The molecule has 0 saturated heterocycles. The molecule has 1 aliphatic carbocycles. The Morgan fingerprint density at radius 3 is 2.77 bits per heavy atom. The van der Waals surface area contributed by atoms with Crippen molar-refractivity contribution in [2.24, 2.45) is 0 Å². The van der Waals surface area contributed by atoms with Gasteiger partial charge in [-0.3, -0.25) is 0 Å². The molecule has 1 heterocycles. The Hall–Kier alpha value is -2.16. The van der Waals surface area contributed by atoms with E-state index < -0.39 is 11.6 Å². The van der Waals surface area contributed by atoms with Gasteiger partial charge in [0.15, 0.2) is 0 Å². The number of halogens is 2. The quantitative estimate of drug-likeness (QED) is 0.682. The number of allylic oxidation sites excluding steroid dienone is 5. The van der Waals surface area contributed by atoms with Gasteiger partial charge in [-0.2, -0.15) is 0 Å². The topological polar surface area (TPSA) is 9.23 Å². The van der Waals surface area contributed by atoms with Crippen LogP contribution in [0.15, 0.2) is 58.9 Å². The maximum absolute atomic E-state index is 13.9. The highest BCUT2D eigenvalue weighted by Crippen LogP contribution is 2.39. The first-order chi connectivity index (χ1) is 10.4. The molecule has 0 saturated carbocycles. The molecule has 3 heteroatoms. The number of hydrogen-bond donors (Lipinski definition) is 0. The normalized spacial score (nSPS) is 21.5. The lowest BCUT2D eigenvalue weighted by atomic mass is 9.86. The molecule has 0 unspecified atom stereocenters. The van der Waals surface area contributed by atoms with Crippen LogP contribution in [0.3, 0.4) is 0 Å². The maximum atomic E-state index is 13.9. The molecule has 114 valence electrons. The van der Waals surface area contributed by atoms with Gasteiger partial charge >= 0.3 is 0 Å². The number of benzene rings is 1. The standard InChI is InChI=1S/C19H18F2O/c1-12-11-19(2,3)22-17-6-4-5-13(18(12)17)9-14-10-15(20)7-8-16(14)21/h4,6-11H,5H2,1-3H3. The lowest BCUT2D eigenvalue weighted by Crippen LogP contribution is -2.26. The zero-order valence-corrected chi connectivity index (χ0v) is 12.9. The summed E-state index contributed by atoms with van der Waals surface area (Å²) in [5.74, 6) is -0.0781. The summed E-state index contributed by atoms with van der Waals surface area (Å²) in [7, 11) is 0. The summed E-state index contributed by atoms with van der Waals surface area (Å²) in [6.45, 7) is 6.02. The van der Waals surface area contributed by atoms with Gasteiger partial charge in [-0.25, -0.2) is 8.78 Å². The summed E-state index contributed by atoms with van der Waals surface area (Å²) < 4.78 is 33.2. The molecule has 0 N–H and O–H groups in total. The Balaban J connectivity index is 2.08. The SMILES string of the molecule is CC1=CC(C)(C)OC2=C1C(=Cc1cc(F)ccc1F)CC=C2. The van der Waals surface area contributed by atoms with Crippen LogP contribution in [-0.4, -0.2) is 5.60 Å². The third-order valence-electron chi connectivity index (χ3n) is 3.79. The van der Waals surface area contributed by atoms with Crippen molar-refractivity contribution in [3.8, 4) is 0 Å². The van der Waals surface area contributed by atoms with E-state index in [2.05, 4.69) is 6.08 Å². The third-order valence-corrected chi connectivity index (χ3v) is 3.79. The van der Waals surface area contributed by atoms with Crippen LogP contribution in [0.1, 0.15) is 32.8 Å². The molecule has 0 amide bonds. The van der Waals surface area contributed by atoms with Crippen molar-refractivity contribution >= 4 is 6.08 Å². The van der Waals surface area contributed by atoms with Gasteiger partial charge < -0.3 is 4.74 Å². The first kappa shape index (κ1) is 14.8. The summed E-state index contributed by atoms with van der Waals surface area (Å²) in [5, 5.41) is 0. The molecule has 1 aliphatic heterocycles. The summed E-state index contributed by atoms with van der Waals surface area (Å²) in [6, 6.07) is 3.49. The zero-order chi connectivity index (χ0) is 15.9. The smallest absolute Gasteiger partial charge is 0.130 e. The van der Waals surface area contributed by atoms with Gasteiger partial charge in [-0.15, -0.1) is 0 Å². The second-order valence-corrected chi connectivity index (χ2v) is 6.21. The van der Waals surface area contributed by atoms with Crippen LogP contribution in [0.25, 0.3) is 6.08 Å². The van der Waals surface area contributed by atoms with Crippen molar-refractivity contribution in [3.05, 3.63) is 76.1 Å². The predicted octanol–water partition coefficient (Wildman–Crippen LogP) is 5.32. The molecule has 22 heavy (non-hydrogen) atoms. The minimum absolute atomic E-state index is 0.259. The molecular formula is C19H18F2O. The Morgan fingerprint density at radius 2 is 2.00 bits per heavy atom. The highest BCUT2D eigenvalue weighted by Gasteiger charge is 2.28. The van der Waals surface area contributed by atoms with E-state index in [0.717, 1.165) is 34.6 Å². The lowest BCUT2D eigenvalue weighted by molar-refractivity contribution is 0.0797. The molecule has 0 atom stereocenters. The largest absolute Gasteiger partial charge is 0.483 e. The number of hydrogen-bond acceptors (Lipinski definition) is 1. The average molecular weight is 300 g/mol. The molecule has 1 aromatic carbocycles. The molecular weight excluding hydrogens is 282 g/mol. The van der Waals surface area contributed by atoms with Crippen LogP contribution >= 0.6 is 0 Å². The van der Waals surface area contributed by atoms with Crippen LogP contribution in [0, 0.1) is 11.6 Å². The van der Waals surface area contributed by atoms with Crippen LogP contribution in [0.4, 0.5) is 8.78 Å². The zero-order valence-electron chi connectivity index (χ0n) is 12.9. The Morgan fingerprint density at radius 1 is 1.23 bits per heavy atom. The minimum Gasteiger partial charge on any atom is -0.483 e.